The highest BCUT2D eigenvalue weighted by Crippen LogP contribution is 2.16. The fourth-order valence-corrected chi connectivity index (χ4v) is 2.38. The monoisotopic (exact) mass is 396 g/mol. The Labute approximate surface area is 135 Å². The lowest BCUT2D eigenvalue weighted by Gasteiger charge is -2.09. The van der Waals surface area contributed by atoms with Gasteiger partial charge in [-0.25, -0.2) is 9.59 Å². The molecular weight excluding hydrogens is 383 g/mol. The van der Waals surface area contributed by atoms with Crippen LogP contribution < -0.4 is 10.6 Å². The van der Waals surface area contributed by atoms with Crippen LogP contribution in [0.2, 0.25) is 0 Å². The Hall–Kier alpha value is -2.09. The number of anilines is 2. The van der Waals surface area contributed by atoms with E-state index in [-0.39, 0.29) is 11.6 Å². The van der Waals surface area contributed by atoms with E-state index in [2.05, 4.69) is 33.2 Å². The van der Waals surface area contributed by atoms with Crippen molar-refractivity contribution < 1.29 is 14.7 Å². The van der Waals surface area contributed by atoms with Crippen LogP contribution in [0.5, 0.6) is 0 Å². The van der Waals surface area contributed by atoms with Crippen LogP contribution in [-0.4, -0.2) is 17.1 Å². The molecule has 2 rings (SSSR count). The summed E-state index contributed by atoms with van der Waals surface area (Å²) in [6.45, 7) is 1.69. The van der Waals surface area contributed by atoms with E-state index in [1.807, 2.05) is 18.2 Å². The summed E-state index contributed by atoms with van der Waals surface area (Å²) < 4.78 is 1.02. The van der Waals surface area contributed by atoms with E-state index in [1.54, 1.807) is 25.1 Å². The lowest BCUT2D eigenvalue weighted by Crippen LogP contribution is -2.19. The molecule has 6 heteroatoms. The third-order valence-electron chi connectivity index (χ3n) is 2.80. The predicted octanol–water partition coefficient (Wildman–Crippen LogP) is 3.94. The highest BCUT2D eigenvalue weighted by Gasteiger charge is 2.09. The molecule has 2 aromatic carbocycles. The van der Waals surface area contributed by atoms with Crippen LogP contribution in [0.4, 0.5) is 16.2 Å². The first kappa shape index (κ1) is 15.3. The van der Waals surface area contributed by atoms with Gasteiger partial charge in [-0.15, -0.1) is 0 Å². The van der Waals surface area contributed by atoms with Crippen molar-refractivity contribution in [3.8, 4) is 0 Å². The summed E-state index contributed by atoms with van der Waals surface area (Å²) in [7, 11) is 0. The van der Waals surface area contributed by atoms with Crippen molar-refractivity contribution in [1.29, 1.82) is 0 Å². The maximum Gasteiger partial charge on any atom is 0.335 e. The standard InChI is InChI=1S/C15H13IN2O3/c1-9-7-12(5-6-13(9)14(19)20)18-15(21)17-11-4-2-3-10(16)8-11/h2-8H,1H3,(H,19,20)(H2,17,18,21). The summed E-state index contributed by atoms with van der Waals surface area (Å²) >= 11 is 2.16. The summed E-state index contributed by atoms with van der Waals surface area (Å²) in [4.78, 5) is 22.8. The average molecular weight is 396 g/mol. The molecule has 2 amide bonds. The molecule has 0 atom stereocenters. The maximum absolute atomic E-state index is 11.9. The van der Waals surface area contributed by atoms with Gasteiger partial charge in [0.15, 0.2) is 0 Å². The Morgan fingerprint density at radius 1 is 1.05 bits per heavy atom. The number of urea groups is 1. The molecule has 0 unspecified atom stereocenters. The number of aryl methyl sites for hydroxylation is 1. The molecule has 0 radical (unpaired) electrons. The van der Waals surface area contributed by atoms with Crippen molar-refractivity contribution in [3.05, 3.63) is 57.2 Å². The van der Waals surface area contributed by atoms with Gasteiger partial charge in [0.25, 0.3) is 0 Å². The summed E-state index contributed by atoms with van der Waals surface area (Å²) in [5, 5.41) is 14.3. The second-order valence-corrected chi connectivity index (χ2v) is 5.67. The molecule has 5 nitrogen and oxygen atoms in total. The molecule has 0 aliphatic carbocycles. The molecule has 108 valence electrons. The van der Waals surface area contributed by atoms with Crippen molar-refractivity contribution in [2.24, 2.45) is 0 Å². The molecule has 0 aliphatic rings. The van der Waals surface area contributed by atoms with Crippen LogP contribution in [0.1, 0.15) is 15.9 Å². The summed E-state index contributed by atoms with van der Waals surface area (Å²) in [6.07, 6.45) is 0. The topological polar surface area (TPSA) is 78.4 Å². The number of halogens is 1. The van der Waals surface area contributed by atoms with Gasteiger partial charge in [0.2, 0.25) is 0 Å². The summed E-state index contributed by atoms with van der Waals surface area (Å²) in [6, 6.07) is 11.7. The van der Waals surface area contributed by atoms with Gasteiger partial charge < -0.3 is 15.7 Å². The number of hydrogen-bond donors (Lipinski definition) is 3. The summed E-state index contributed by atoms with van der Waals surface area (Å²) in [5.74, 6) is -0.984. The number of amides is 2. The van der Waals surface area contributed by atoms with Gasteiger partial charge >= 0.3 is 12.0 Å². The number of aromatic carboxylic acids is 1. The molecule has 0 spiro atoms. The number of carbonyl (C=O) groups excluding carboxylic acids is 1. The van der Waals surface area contributed by atoms with Crippen LogP contribution in [-0.2, 0) is 0 Å². The Kier molecular flexibility index (Phi) is 4.79. The number of carboxylic acids is 1. The Bertz CT molecular complexity index is 701. The predicted molar refractivity (Wildman–Crippen MR) is 89.9 cm³/mol. The van der Waals surface area contributed by atoms with Gasteiger partial charge in [0.05, 0.1) is 5.56 Å². The van der Waals surface area contributed by atoms with Gasteiger partial charge in [-0.1, -0.05) is 6.07 Å². The molecule has 0 heterocycles. The van der Waals surface area contributed by atoms with Crippen LogP contribution >= 0.6 is 22.6 Å². The van der Waals surface area contributed by atoms with E-state index in [0.29, 0.717) is 16.9 Å². The molecule has 0 aromatic heterocycles. The number of carboxylic acid groups (broad SMARTS) is 1. The zero-order valence-electron chi connectivity index (χ0n) is 11.2. The number of carbonyl (C=O) groups is 2. The Morgan fingerprint density at radius 2 is 1.71 bits per heavy atom. The molecule has 0 bridgehead atoms. The molecule has 0 saturated carbocycles. The molecular formula is C15H13IN2O3. The summed E-state index contributed by atoms with van der Waals surface area (Å²) in [5.41, 5.74) is 2.05. The minimum Gasteiger partial charge on any atom is -0.478 e. The van der Waals surface area contributed by atoms with Crippen molar-refractivity contribution in [2.45, 2.75) is 6.92 Å². The van der Waals surface area contributed by atoms with Crippen molar-refractivity contribution in [3.63, 3.8) is 0 Å². The van der Waals surface area contributed by atoms with Crippen molar-refractivity contribution in [1.82, 2.24) is 0 Å². The van der Waals surface area contributed by atoms with Crippen LogP contribution in [0, 0.1) is 10.5 Å². The fourth-order valence-electron chi connectivity index (χ4n) is 1.84. The van der Waals surface area contributed by atoms with E-state index in [0.717, 1.165) is 3.57 Å². The lowest BCUT2D eigenvalue weighted by molar-refractivity contribution is 0.0696. The second-order valence-electron chi connectivity index (χ2n) is 4.42. The number of rotatable bonds is 3. The first-order valence-corrected chi connectivity index (χ1v) is 7.21. The highest BCUT2D eigenvalue weighted by atomic mass is 127. The minimum atomic E-state index is -0.984. The van der Waals surface area contributed by atoms with Gasteiger partial charge in [0.1, 0.15) is 0 Å². The normalized spacial score (nSPS) is 10.0. The number of hydrogen-bond acceptors (Lipinski definition) is 2. The first-order valence-electron chi connectivity index (χ1n) is 6.13. The quantitative estimate of drug-likeness (QED) is 0.688. The number of benzene rings is 2. The van der Waals surface area contributed by atoms with Crippen LogP contribution in [0.15, 0.2) is 42.5 Å². The van der Waals surface area contributed by atoms with E-state index in [4.69, 9.17) is 5.11 Å². The molecule has 2 aromatic rings. The van der Waals surface area contributed by atoms with E-state index in [1.165, 1.54) is 6.07 Å². The molecule has 3 N–H and O–H groups in total. The van der Waals surface area contributed by atoms with Gasteiger partial charge in [-0.05, 0) is 71.5 Å². The lowest BCUT2D eigenvalue weighted by atomic mass is 10.1. The van der Waals surface area contributed by atoms with Gasteiger partial charge in [-0.3, -0.25) is 0 Å². The average Bonchev–Trinajstić information content (AvgIpc) is 2.38. The molecule has 0 fully saturated rings. The van der Waals surface area contributed by atoms with E-state index >= 15 is 0 Å². The van der Waals surface area contributed by atoms with E-state index < -0.39 is 5.97 Å². The van der Waals surface area contributed by atoms with Crippen molar-refractivity contribution in [2.75, 3.05) is 10.6 Å². The smallest absolute Gasteiger partial charge is 0.335 e. The maximum atomic E-state index is 11.9. The van der Waals surface area contributed by atoms with Crippen molar-refractivity contribution >= 4 is 46.0 Å². The van der Waals surface area contributed by atoms with Gasteiger partial charge in [-0.2, -0.15) is 0 Å². The Morgan fingerprint density at radius 3 is 2.29 bits per heavy atom. The minimum absolute atomic E-state index is 0.221. The SMILES string of the molecule is Cc1cc(NC(=O)Nc2cccc(I)c2)ccc1C(=O)O. The fraction of sp³-hybridized carbons (Fsp3) is 0.0667. The molecule has 0 aliphatic heterocycles. The van der Waals surface area contributed by atoms with Crippen LogP contribution in [0.25, 0.3) is 0 Å². The zero-order valence-corrected chi connectivity index (χ0v) is 13.3. The third-order valence-corrected chi connectivity index (χ3v) is 3.47. The first-order chi connectivity index (χ1) is 9.95. The van der Waals surface area contributed by atoms with Crippen LogP contribution in [0.3, 0.4) is 0 Å². The molecule has 0 saturated heterocycles. The van der Waals surface area contributed by atoms with E-state index in [9.17, 15) is 9.59 Å². The Balaban J connectivity index is 2.06. The molecule has 21 heavy (non-hydrogen) atoms. The third kappa shape index (κ3) is 4.19. The second kappa shape index (κ2) is 6.57. The highest BCUT2D eigenvalue weighted by molar-refractivity contribution is 14.1. The largest absolute Gasteiger partial charge is 0.478 e. The number of nitrogens with one attached hydrogen (secondary N) is 2. The van der Waals surface area contributed by atoms with Gasteiger partial charge in [0, 0.05) is 14.9 Å². The zero-order chi connectivity index (χ0) is 15.4.